The average molecular weight is 298 g/mol. The summed E-state index contributed by atoms with van der Waals surface area (Å²) in [7, 11) is 0. The number of aryl methyl sites for hydroxylation is 1. The van der Waals surface area contributed by atoms with Crippen molar-refractivity contribution in [2.45, 2.75) is 26.4 Å². The number of carbonyl (C=O) groups is 1. The van der Waals surface area contributed by atoms with E-state index in [2.05, 4.69) is 48.0 Å². The first kappa shape index (κ1) is 14.6. The minimum Gasteiger partial charge on any atom is -0.367 e. The van der Waals surface area contributed by atoms with Gasteiger partial charge in [-0.2, -0.15) is 0 Å². The van der Waals surface area contributed by atoms with Gasteiger partial charge in [-0.3, -0.25) is 4.79 Å². The molecule has 0 bridgehead atoms. The molecular formula is C17H22N4O. The maximum absolute atomic E-state index is 12.4. The molecular weight excluding hydrogens is 276 g/mol. The predicted octanol–water partition coefficient (Wildman–Crippen LogP) is 1.93. The first-order valence-electron chi connectivity index (χ1n) is 7.71. The fourth-order valence-electron chi connectivity index (χ4n) is 3.09. The zero-order valence-electron chi connectivity index (χ0n) is 13.1. The minimum atomic E-state index is 0.162. The first-order valence-corrected chi connectivity index (χ1v) is 7.71. The smallest absolute Gasteiger partial charge is 0.242 e. The molecule has 1 aromatic heterocycles. The predicted molar refractivity (Wildman–Crippen MR) is 86.8 cm³/mol. The van der Waals surface area contributed by atoms with E-state index in [1.807, 2.05) is 15.7 Å². The van der Waals surface area contributed by atoms with Gasteiger partial charge in [0.1, 0.15) is 6.54 Å². The van der Waals surface area contributed by atoms with Crippen LogP contribution >= 0.6 is 0 Å². The lowest BCUT2D eigenvalue weighted by molar-refractivity contribution is -0.134. The summed E-state index contributed by atoms with van der Waals surface area (Å²) in [5.41, 5.74) is 2.56. The molecule has 0 N–H and O–H groups in total. The summed E-state index contributed by atoms with van der Waals surface area (Å²) in [6, 6.07) is 8.64. The van der Waals surface area contributed by atoms with Crippen LogP contribution in [0.25, 0.3) is 0 Å². The molecule has 116 valence electrons. The van der Waals surface area contributed by atoms with Crippen LogP contribution in [0.3, 0.4) is 0 Å². The van der Waals surface area contributed by atoms with E-state index in [0.717, 1.165) is 19.6 Å². The topological polar surface area (TPSA) is 41.4 Å². The number of para-hydroxylation sites is 1. The zero-order valence-corrected chi connectivity index (χ0v) is 13.1. The SMILES string of the molecule is Cc1ccccc1N1CCN(C(=O)Cn2ccnc2)C(C)C1. The summed E-state index contributed by atoms with van der Waals surface area (Å²) in [4.78, 5) is 20.8. The van der Waals surface area contributed by atoms with Crippen LogP contribution in [0.4, 0.5) is 5.69 Å². The van der Waals surface area contributed by atoms with Gasteiger partial charge >= 0.3 is 0 Å². The summed E-state index contributed by atoms with van der Waals surface area (Å²) in [5.74, 6) is 0.162. The normalized spacial score (nSPS) is 18.5. The van der Waals surface area contributed by atoms with Gasteiger partial charge in [-0.15, -0.1) is 0 Å². The van der Waals surface area contributed by atoms with Crippen LogP contribution in [0, 0.1) is 6.92 Å². The van der Waals surface area contributed by atoms with Gasteiger partial charge in [0, 0.05) is 43.8 Å². The van der Waals surface area contributed by atoms with Gasteiger partial charge in [0.2, 0.25) is 5.91 Å². The second kappa shape index (κ2) is 6.22. The third kappa shape index (κ3) is 2.98. The van der Waals surface area contributed by atoms with E-state index in [9.17, 15) is 4.79 Å². The second-order valence-corrected chi connectivity index (χ2v) is 5.90. The first-order chi connectivity index (χ1) is 10.6. The standard InChI is InChI=1S/C17H22N4O/c1-14-5-3-4-6-16(14)20-9-10-21(15(2)11-20)17(22)12-19-8-7-18-13-19/h3-8,13,15H,9-12H2,1-2H3. The molecule has 2 heterocycles. The molecule has 0 spiro atoms. The van der Waals surface area contributed by atoms with E-state index >= 15 is 0 Å². The highest BCUT2D eigenvalue weighted by Crippen LogP contribution is 2.22. The molecule has 1 unspecified atom stereocenters. The highest BCUT2D eigenvalue weighted by atomic mass is 16.2. The summed E-state index contributed by atoms with van der Waals surface area (Å²) < 4.78 is 1.82. The number of rotatable bonds is 3. The van der Waals surface area contributed by atoms with Gasteiger partial charge in [0.05, 0.1) is 6.33 Å². The molecule has 1 aliphatic heterocycles. The Hall–Kier alpha value is -2.30. The number of aromatic nitrogens is 2. The molecule has 5 heteroatoms. The van der Waals surface area contributed by atoms with Crippen molar-refractivity contribution in [2.24, 2.45) is 0 Å². The number of imidazole rings is 1. The van der Waals surface area contributed by atoms with E-state index in [-0.39, 0.29) is 11.9 Å². The molecule has 22 heavy (non-hydrogen) atoms. The van der Waals surface area contributed by atoms with Gasteiger partial charge in [0.25, 0.3) is 0 Å². The molecule has 0 saturated carbocycles. The number of piperazine rings is 1. The van der Waals surface area contributed by atoms with Crippen molar-refractivity contribution in [1.82, 2.24) is 14.5 Å². The van der Waals surface area contributed by atoms with Crippen molar-refractivity contribution in [2.75, 3.05) is 24.5 Å². The number of amides is 1. The molecule has 1 amide bonds. The fourth-order valence-corrected chi connectivity index (χ4v) is 3.09. The Balaban J connectivity index is 1.65. The van der Waals surface area contributed by atoms with E-state index in [1.54, 1.807) is 12.5 Å². The van der Waals surface area contributed by atoms with Crippen LogP contribution in [0.15, 0.2) is 43.0 Å². The van der Waals surface area contributed by atoms with Crippen LogP contribution in [0.2, 0.25) is 0 Å². The molecule has 1 aliphatic rings. The molecule has 3 rings (SSSR count). The Morgan fingerprint density at radius 1 is 1.32 bits per heavy atom. The zero-order chi connectivity index (χ0) is 15.5. The second-order valence-electron chi connectivity index (χ2n) is 5.90. The maximum Gasteiger partial charge on any atom is 0.242 e. The summed E-state index contributed by atoms with van der Waals surface area (Å²) >= 11 is 0. The summed E-state index contributed by atoms with van der Waals surface area (Å²) in [5, 5.41) is 0. The van der Waals surface area contributed by atoms with Crippen LogP contribution in [0.5, 0.6) is 0 Å². The monoisotopic (exact) mass is 298 g/mol. The van der Waals surface area contributed by atoms with Crippen molar-refractivity contribution < 1.29 is 4.79 Å². The summed E-state index contributed by atoms with van der Waals surface area (Å²) in [6.07, 6.45) is 5.21. The van der Waals surface area contributed by atoms with Gasteiger partial charge in [0.15, 0.2) is 0 Å². The molecule has 1 fully saturated rings. The fraction of sp³-hybridized carbons (Fsp3) is 0.412. The Labute approximate surface area is 131 Å². The van der Waals surface area contributed by atoms with Crippen LogP contribution in [0.1, 0.15) is 12.5 Å². The Morgan fingerprint density at radius 3 is 2.82 bits per heavy atom. The quantitative estimate of drug-likeness (QED) is 0.869. The van der Waals surface area contributed by atoms with Gasteiger partial charge in [-0.1, -0.05) is 18.2 Å². The third-order valence-electron chi connectivity index (χ3n) is 4.28. The van der Waals surface area contributed by atoms with Gasteiger partial charge < -0.3 is 14.4 Å². The molecule has 2 aromatic rings. The highest BCUT2D eigenvalue weighted by molar-refractivity contribution is 5.76. The summed E-state index contributed by atoms with van der Waals surface area (Å²) in [6.45, 7) is 7.15. The highest BCUT2D eigenvalue weighted by Gasteiger charge is 2.27. The lowest BCUT2D eigenvalue weighted by atomic mass is 10.1. The van der Waals surface area contributed by atoms with E-state index in [4.69, 9.17) is 0 Å². The molecule has 1 aromatic carbocycles. The number of hydrogen-bond acceptors (Lipinski definition) is 3. The Morgan fingerprint density at radius 2 is 2.14 bits per heavy atom. The maximum atomic E-state index is 12.4. The van der Waals surface area contributed by atoms with E-state index in [1.165, 1.54) is 11.3 Å². The van der Waals surface area contributed by atoms with Gasteiger partial charge in [-0.05, 0) is 25.5 Å². The van der Waals surface area contributed by atoms with Crippen molar-refractivity contribution in [1.29, 1.82) is 0 Å². The lowest BCUT2D eigenvalue weighted by Gasteiger charge is -2.41. The average Bonchev–Trinajstić information content (AvgIpc) is 3.00. The van der Waals surface area contributed by atoms with Crippen LogP contribution in [-0.4, -0.2) is 46.0 Å². The lowest BCUT2D eigenvalue weighted by Crippen LogP contribution is -2.54. The van der Waals surface area contributed by atoms with Crippen LogP contribution < -0.4 is 4.90 Å². The van der Waals surface area contributed by atoms with Crippen LogP contribution in [-0.2, 0) is 11.3 Å². The van der Waals surface area contributed by atoms with Crippen molar-refractivity contribution >= 4 is 11.6 Å². The largest absolute Gasteiger partial charge is 0.367 e. The molecule has 1 saturated heterocycles. The number of hydrogen-bond donors (Lipinski definition) is 0. The molecule has 0 radical (unpaired) electrons. The molecule has 1 atom stereocenters. The van der Waals surface area contributed by atoms with E-state index in [0.29, 0.717) is 6.54 Å². The van der Waals surface area contributed by atoms with Gasteiger partial charge in [-0.25, -0.2) is 4.98 Å². The molecule has 0 aliphatic carbocycles. The van der Waals surface area contributed by atoms with Crippen molar-refractivity contribution in [3.05, 3.63) is 48.5 Å². The number of carbonyl (C=O) groups excluding carboxylic acids is 1. The molecule has 5 nitrogen and oxygen atoms in total. The third-order valence-corrected chi connectivity index (χ3v) is 4.28. The van der Waals surface area contributed by atoms with Crippen molar-refractivity contribution in [3.8, 4) is 0 Å². The minimum absolute atomic E-state index is 0.162. The number of nitrogens with zero attached hydrogens (tertiary/aromatic N) is 4. The Kier molecular flexibility index (Phi) is 4.13. The van der Waals surface area contributed by atoms with E-state index < -0.39 is 0 Å². The number of benzene rings is 1. The number of anilines is 1. The van der Waals surface area contributed by atoms with Crippen molar-refractivity contribution in [3.63, 3.8) is 0 Å². The Bertz CT molecular complexity index is 638.